The molecule has 0 saturated carbocycles. The highest BCUT2D eigenvalue weighted by Crippen LogP contribution is 2.10. The quantitative estimate of drug-likeness (QED) is 0.647. The summed E-state index contributed by atoms with van der Waals surface area (Å²) in [5.41, 5.74) is -0.961. The van der Waals surface area contributed by atoms with Crippen LogP contribution < -0.4 is 16.6 Å². The first-order valence-corrected chi connectivity index (χ1v) is 9.97. The van der Waals surface area contributed by atoms with Gasteiger partial charge in [-0.25, -0.2) is 9.18 Å². The third-order valence-corrected chi connectivity index (χ3v) is 5.04. The zero-order valence-corrected chi connectivity index (χ0v) is 16.7. The molecule has 1 atom stereocenters. The molecule has 1 fully saturated rings. The summed E-state index contributed by atoms with van der Waals surface area (Å²) >= 11 is 0. The summed E-state index contributed by atoms with van der Waals surface area (Å²) in [7, 11) is 0. The van der Waals surface area contributed by atoms with E-state index < -0.39 is 28.7 Å². The van der Waals surface area contributed by atoms with Crippen LogP contribution in [0.5, 0.6) is 0 Å². The van der Waals surface area contributed by atoms with Gasteiger partial charge in [-0.2, -0.15) is 9.78 Å². The molecule has 160 valence electrons. The molecule has 1 saturated heterocycles. The summed E-state index contributed by atoms with van der Waals surface area (Å²) < 4.78 is 20.7. The molecule has 8 nitrogen and oxygen atoms in total. The van der Waals surface area contributed by atoms with E-state index in [0.29, 0.717) is 17.9 Å². The molecule has 2 heterocycles. The Labute approximate surface area is 176 Å². The van der Waals surface area contributed by atoms with Gasteiger partial charge in [-0.15, -0.1) is 0 Å². The van der Waals surface area contributed by atoms with Gasteiger partial charge >= 0.3 is 5.69 Å². The fourth-order valence-corrected chi connectivity index (χ4v) is 3.40. The molecule has 0 radical (unpaired) electrons. The van der Waals surface area contributed by atoms with Crippen molar-refractivity contribution in [3.05, 3.63) is 92.5 Å². The van der Waals surface area contributed by atoms with Crippen molar-refractivity contribution in [3.8, 4) is 5.69 Å². The van der Waals surface area contributed by atoms with Gasteiger partial charge in [0.15, 0.2) is 0 Å². The molecule has 0 spiro atoms. The lowest BCUT2D eigenvalue weighted by atomic mass is 10.2. The number of ether oxygens (including phenoxy) is 1. The molecule has 1 amide bonds. The SMILES string of the molecule is O=C(NCC1CCCO1)c1nn(-c2ccccc2)c(=O)n(Cc2ccc(F)cc2)c1=O. The molecule has 2 aromatic carbocycles. The molecule has 0 bridgehead atoms. The minimum atomic E-state index is -0.814. The molecule has 9 heteroatoms. The van der Waals surface area contributed by atoms with Gasteiger partial charge < -0.3 is 10.1 Å². The monoisotopic (exact) mass is 424 g/mol. The van der Waals surface area contributed by atoms with E-state index in [2.05, 4.69) is 10.4 Å². The Kier molecular flexibility index (Phi) is 6.03. The second-order valence-electron chi connectivity index (χ2n) is 7.24. The largest absolute Gasteiger partial charge is 0.376 e. The molecule has 1 aliphatic rings. The normalized spacial score (nSPS) is 15.7. The van der Waals surface area contributed by atoms with Crippen LogP contribution in [0.1, 0.15) is 28.9 Å². The number of amides is 1. The highest BCUT2D eigenvalue weighted by atomic mass is 19.1. The summed E-state index contributed by atoms with van der Waals surface area (Å²) in [6.45, 7) is 0.768. The predicted octanol–water partition coefficient (Wildman–Crippen LogP) is 1.49. The van der Waals surface area contributed by atoms with Crippen LogP contribution in [0.3, 0.4) is 0 Å². The molecular formula is C22H21FN4O4. The zero-order valence-electron chi connectivity index (χ0n) is 16.7. The van der Waals surface area contributed by atoms with Crippen LogP contribution in [-0.4, -0.2) is 39.5 Å². The van der Waals surface area contributed by atoms with Crippen molar-refractivity contribution in [1.82, 2.24) is 19.7 Å². The fraction of sp³-hybridized carbons (Fsp3) is 0.273. The van der Waals surface area contributed by atoms with Crippen molar-refractivity contribution in [1.29, 1.82) is 0 Å². The van der Waals surface area contributed by atoms with Crippen LogP contribution in [0.15, 0.2) is 64.2 Å². The molecule has 0 aliphatic carbocycles. The second kappa shape index (κ2) is 9.05. The number of halogens is 1. The third kappa shape index (κ3) is 4.61. The van der Waals surface area contributed by atoms with Gasteiger partial charge in [0.25, 0.3) is 11.5 Å². The third-order valence-electron chi connectivity index (χ3n) is 5.04. The lowest BCUT2D eigenvalue weighted by molar-refractivity contribution is 0.0849. The maximum Gasteiger partial charge on any atom is 0.352 e. The Balaban J connectivity index is 1.74. The Hall–Kier alpha value is -3.59. The van der Waals surface area contributed by atoms with Crippen molar-refractivity contribution in [2.24, 2.45) is 0 Å². The first kappa shape index (κ1) is 20.7. The van der Waals surface area contributed by atoms with Crippen molar-refractivity contribution in [2.45, 2.75) is 25.5 Å². The Morgan fingerprint density at radius 1 is 1.13 bits per heavy atom. The maximum atomic E-state index is 13.2. The number of hydrogen-bond donors (Lipinski definition) is 1. The summed E-state index contributed by atoms with van der Waals surface area (Å²) in [4.78, 5) is 38.8. The summed E-state index contributed by atoms with van der Waals surface area (Å²) in [6.07, 6.45) is 1.64. The van der Waals surface area contributed by atoms with E-state index >= 15 is 0 Å². The predicted molar refractivity (Wildman–Crippen MR) is 111 cm³/mol. The number of carbonyl (C=O) groups excluding carboxylic acids is 1. The number of nitrogens with zero attached hydrogens (tertiary/aromatic N) is 3. The topological polar surface area (TPSA) is 95.2 Å². The molecule has 3 aromatic rings. The van der Waals surface area contributed by atoms with Gasteiger partial charge in [-0.05, 0) is 42.7 Å². The maximum absolute atomic E-state index is 13.2. The Morgan fingerprint density at radius 3 is 2.55 bits per heavy atom. The number of rotatable bonds is 6. The number of nitrogens with one attached hydrogen (secondary N) is 1. The average molecular weight is 424 g/mol. The summed E-state index contributed by atoms with van der Waals surface area (Å²) in [6, 6.07) is 13.9. The van der Waals surface area contributed by atoms with E-state index in [-0.39, 0.29) is 19.2 Å². The lowest BCUT2D eigenvalue weighted by Crippen LogP contribution is -2.46. The van der Waals surface area contributed by atoms with Crippen molar-refractivity contribution < 1.29 is 13.9 Å². The molecule has 1 aliphatic heterocycles. The molecule has 1 aromatic heterocycles. The van der Waals surface area contributed by atoms with Gasteiger partial charge in [0.2, 0.25) is 5.69 Å². The van der Waals surface area contributed by atoms with Gasteiger partial charge in [0.05, 0.1) is 18.3 Å². The van der Waals surface area contributed by atoms with Gasteiger partial charge in [-0.1, -0.05) is 30.3 Å². The highest BCUT2D eigenvalue weighted by molar-refractivity contribution is 5.91. The van der Waals surface area contributed by atoms with Crippen molar-refractivity contribution in [2.75, 3.05) is 13.2 Å². The lowest BCUT2D eigenvalue weighted by Gasteiger charge is -2.13. The fourth-order valence-electron chi connectivity index (χ4n) is 3.40. The van der Waals surface area contributed by atoms with E-state index in [9.17, 15) is 18.8 Å². The first-order chi connectivity index (χ1) is 15.0. The number of carbonyl (C=O) groups is 1. The molecule has 31 heavy (non-hydrogen) atoms. The van der Waals surface area contributed by atoms with Gasteiger partial charge in [0, 0.05) is 13.2 Å². The van der Waals surface area contributed by atoms with Crippen LogP contribution in [0, 0.1) is 5.82 Å². The second-order valence-corrected chi connectivity index (χ2v) is 7.24. The van der Waals surface area contributed by atoms with E-state index in [1.54, 1.807) is 30.3 Å². The summed E-state index contributed by atoms with van der Waals surface area (Å²) in [5.74, 6) is -1.11. The standard InChI is InChI=1S/C22H21FN4O4/c23-16-10-8-15(9-11-16)14-26-21(29)19(20(28)24-13-18-7-4-12-31-18)25-27(22(26)30)17-5-2-1-3-6-17/h1-3,5-6,8-11,18H,4,7,12-14H2,(H,24,28). The van der Waals surface area contributed by atoms with Gasteiger partial charge in [0.1, 0.15) is 5.82 Å². The van der Waals surface area contributed by atoms with Crippen LogP contribution >= 0.6 is 0 Å². The molecular weight excluding hydrogens is 403 g/mol. The minimum Gasteiger partial charge on any atom is -0.376 e. The Bertz CT molecular complexity index is 1180. The van der Waals surface area contributed by atoms with E-state index in [0.717, 1.165) is 22.1 Å². The van der Waals surface area contributed by atoms with E-state index in [4.69, 9.17) is 4.74 Å². The van der Waals surface area contributed by atoms with E-state index in [1.807, 2.05) is 0 Å². The van der Waals surface area contributed by atoms with Crippen LogP contribution in [0.4, 0.5) is 4.39 Å². The number of para-hydroxylation sites is 1. The Morgan fingerprint density at radius 2 is 1.87 bits per heavy atom. The molecule has 1 N–H and O–H groups in total. The van der Waals surface area contributed by atoms with Crippen molar-refractivity contribution in [3.63, 3.8) is 0 Å². The zero-order chi connectivity index (χ0) is 21.8. The van der Waals surface area contributed by atoms with Crippen LogP contribution in [-0.2, 0) is 11.3 Å². The smallest absolute Gasteiger partial charge is 0.352 e. The average Bonchev–Trinajstić information content (AvgIpc) is 3.31. The summed E-state index contributed by atoms with van der Waals surface area (Å²) in [5, 5.41) is 6.74. The van der Waals surface area contributed by atoms with Crippen molar-refractivity contribution >= 4 is 5.91 Å². The number of benzene rings is 2. The molecule has 1 unspecified atom stereocenters. The van der Waals surface area contributed by atoms with Crippen LogP contribution in [0.2, 0.25) is 0 Å². The number of aromatic nitrogens is 3. The first-order valence-electron chi connectivity index (χ1n) is 9.97. The molecule has 4 rings (SSSR count). The van der Waals surface area contributed by atoms with Crippen LogP contribution in [0.25, 0.3) is 5.69 Å². The highest BCUT2D eigenvalue weighted by Gasteiger charge is 2.22. The van der Waals surface area contributed by atoms with E-state index in [1.165, 1.54) is 24.3 Å². The minimum absolute atomic E-state index is 0.106. The number of hydrogen-bond acceptors (Lipinski definition) is 5. The van der Waals surface area contributed by atoms with Gasteiger partial charge in [-0.3, -0.25) is 14.2 Å².